The van der Waals surface area contributed by atoms with Crippen LogP contribution in [-0.2, 0) is 10.2 Å². The lowest BCUT2D eigenvalue weighted by Gasteiger charge is -2.35. The summed E-state index contributed by atoms with van der Waals surface area (Å²) in [5.41, 5.74) is 0. The van der Waals surface area contributed by atoms with Crippen molar-refractivity contribution in [1.29, 1.82) is 0 Å². The van der Waals surface area contributed by atoms with E-state index in [2.05, 4.69) is 0 Å². The predicted molar refractivity (Wildman–Crippen MR) is 78.6 cm³/mol. The summed E-state index contributed by atoms with van der Waals surface area (Å²) in [7, 11) is -3.23. The maximum absolute atomic E-state index is 12.6. The summed E-state index contributed by atoms with van der Waals surface area (Å²) in [6.07, 6.45) is 7.34. The second-order valence-corrected chi connectivity index (χ2v) is 7.91. The van der Waals surface area contributed by atoms with Crippen molar-refractivity contribution in [2.45, 2.75) is 44.9 Å². The topological polar surface area (TPSA) is 40.6 Å². The van der Waals surface area contributed by atoms with E-state index in [9.17, 15) is 8.42 Å². The maximum atomic E-state index is 12.6. The Balaban J connectivity index is 1.96. The Hall–Kier alpha value is 0.160. The highest BCUT2D eigenvalue weighted by molar-refractivity contribution is 7.86. The van der Waals surface area contributed by atoms with E-state index in [-0.39, 0.29) is 0 Å². The summed E-state index contributed by atoms with van der Waals surface area (Å²) in [5.74, 6) is 1.14. The van der Waals surface area contributed by atoms with Crippen LogP contribution in [0.3, 0.4) is 0 Å². The summed E-state index contributed by atoms with van der Waals surface area (Å²) in [6.45, 7) is 2.65. The van der Waals surface area contributed by atoms with Crippen LogP contribution in [0.4, 0.5) is 0 Å². The molecule has 0 spiro atoms. The number of hydrogen-bond donors (Lipinski definition) is 0. The van der Waals surface area contributed by atoms with Crippen LogP contribution >= 0.6 is 11.6 Å². The normalized spacial score (nSPS) is 25.9. The standard InChI is InChI=1S/C13H25ClN2O2S/c14-12-13-6-10-16(11-7-13)19(17,18)15-8-4-2-1-3-5-9-15/h13H,1-12H2. The van der Waals surface area contributed by atoms with Gasteiger partial charge in [-0.15, -0.1) is 11.6 Å². The van der Waals surface area contributed by atoms with Gasteiger partial charge in [-0.05, 0) is 31.6 Å². The zero-order valence-electron chi connectivity index (χ0n) is 11.6. The molecule has 0 aliphatic carbocycles. The number of hydrogen-bond acceptors (Lipinski definition) is 2. The van der Waals surface area contributed by atoms with Gasteiger partial charge in [0.05, 0.1) is 0 Å². The van der Waals surface area contributed by atoms with Crippen LogP contribution in [0.25, 0.3) is 0 Å². The minimum absolute atomic E-state index is 0.487. The second kappa shape index (κ2) is 7.25. The highest BCUT2D eigenvalue weighted by Crippen LogP contribution is 2.23. The number of rotatable bonds is 3. The van der Waals surface area contributed by atoms with Gasteiger partial charge in [0.1, 0.15) is 0 Å². The zero-order valence-corrected chi connectivity index (χ0v) is 13.1. The second-order valence-electron chi connectivity index (χ2n) is 5.67. The Morgan fingerprint density at radius 1 is 0.842 bits per heavy atom. The van der Waals surface area contributed by atoms with Gasteiger partial charge in [0, 0.05) is 32.1 Å². The fourth-order valence-electron chi connectivity index (χ4n) is 2.91. The third kappa shape index (κ3) is 4.06. The van der Waals surface area contributed by atoms with Crippen molar-refractivity contribution in [2.75, 3.05) is 32.1 Å². The molecule has 6 heteroatoms. The van der Waals surface area contributed by atoms with E-state index in [4.69, 9.17) is 11.6 Å². The lowest BCUT2D eigenvalue weighted by atomic mass is 10.0. The van der Waals surface area contributed by atoms with Gasteiger partial charge in [0.2, 0.25) is 0 Å². The van der Waals surface area contributed by atoms with Gasteiger partial charge in [-0.1, -0.05) is 19.3 Å². The van der Waals surface area contributed by atoms with E-state index in [1.54, 1.807) is 8.61 Å². The number of halogens is 1. The Kier molecular flexibility index (Phi) is 5.93. The van der Waals surface area contributed by atoms with Crippen LogP contribution < -0.4 is 0 Å². The molecule has 2 heterocycles. The number of alkyl halides is 1. The molecule has 0 unspecified atom stereocenters. The molecule has 0 N–H and O–H groups in total. The molecule has 2 saturated heterocycles. The van der Waals surface area contributed by atoms with Gasteiger partial charge >= 0.3 is 0 Å². The monoisotopic (exact) mass is 308 g/mol. The van der Waals surface area contributed by atoms with E-state index in [0.29, 0.717) is 38.0 Å². The summed E-state index contributed by atoms with van der Waals surface area (Å²) in [6, 6.07) is 0. The summed E-state index contributed by atoms with van der Waals surface area (Å²) in [4.78, 5) is 0. The van der Waals surface area contributed by atoms with Crippen LogP contribution in [-0.4, -0.2) is 49.1 Å². The quantitative estimate of drug-likeness (QED) is 0.751. The van der Waals surface area contributed by atoms with Gasteiger partial charge in [-0.25, -0.2) is 0 Å². The first-order valence-corrected chi connectivity index (χ1v) is 9.39. The van der Waals surface area contributed by atoms with Crippen molar-refractivity contribution in [3.05, 3.63) is 0 Å². The highest BCUT2D eigenvalue weighted by atomic mass is 35.5. The van der Waals surface area contributed by atoms with Crippen molar-refractivity contribution >= 4 is 21.8 Å². The van der Waals surface area contributed by atoms with E-state index in [0.717, 1.165) is 38.5 Å². The molecule has 2 rings (SSSR count). The average Bonchev–Trinajstić information content (AvgIpc) is 2.38. The fourth-order valence-corrected chi connectivity index (χ4v) is 4.93. The van der Waals surface area contributed by atoms with Crippen molar-refractivity contribution in [3.8, 4) is 0 Å². The SMILES string of the molecule is O=S(=O)(N1CCCCCCC1)N1CCC(CCl)CC1. The fraction of sp³-hybridized carbons (Fsp3) is 1.00. The van der Waals surface area contributed by atoms with Crippen LogP contribution in [0.1, 0.15) is 44.9 Å². The molecule has 0 aromatic carbocycles. The third-order valence-electron chi connectivity index (χ3n) is 4.26. The van der Waals surface area contributed by atoms with Gasteiger partial charge in [-0.3, -0.25) is 0 Å². The van der Waals surface area contributed by atoms with Crippen molar-refractivity contribution in [1.82, 2.24) is 8.61 Å². The first-order chi connectivity index (χ1) is 9.14. The molecule has 2 aliphatic rings. The molecule has 2 aliphatic heterocycles. The van der Waals surface area contributed by atoms with Crippen molar-refractivity contribution in [2.24, 2.45) is 5.92 Å². The summed E-state index contributed by atoms with van der Waals surface area (Å²) >= 11 is 5.85. The molecule has 0 atom stereocenters. The first kappa shape index (κ1) is 15.5. The minimum Gasteiger partial charge on any atom is -0.195 e. The number of nitrogens with zero attached hydrogens (tertiary/aromatic N) is 2. The first-order valence-electron chi connectivity index (χ1n) is 7.46. The molecular weight excluding hydrogens is 284 g/mol. The molecule has 0 aromatic heterocycles. The molecule has 0 radical (unpaired) electrons. The van der Waals surface area contributed by atoms with Crippen LogP contribution in [0.2, 0.25) is 0 Å². The lowest BCUT2D eigenvalue weighted by Crippen LogP contribution is -2.48. The number of piperidine rings is 1. The lowest BCUT2D eigenvalue weighted by molar-refractivity contribution is 0.259. The Bertz CT molecular complexity index is 359. The Labute approximate surface area is 122 Å². The molecule has 2 fully saturated rings. The van der Waals surface area contributed by atoms with E-state index < -0.39 is 10.2 Å². The zero-order chi connectivity index (χ0) is 13.7. The van der Waals surface area contributed by atoms with Crippen LogP contribution in [0, 0.1) is 5.92 Å². The molecule has 19 heavy (non-hydrogen) atoms. The van der Waals surface area contributed by atoms with E-state index in [1.807, 2.05) is 0 Å². The summed E-state index contributed by atoms with van der Waals surface area (Å²) in [5, 5.41) is 0. The third-order valence-corrected chi connectivity index (χ3v) is 6.73. The maximum Gasteiger partial charge on any atom is 0.281 e. The van der Waals surface area contributed by atoms with Gasteiger partial charge in [0.15, 0.2) is 0 Å². The van der Waals surface area contributed by atoms with Crippen molar-refractivity contribution < 1.29 is 8.42 Å². The highest BCUT2D eigenvalue weighted by Gasteiger charge is 2.32. The van der Waals surface area contributed by atoms with Crippen molar-refractivity contribution in [3.63, 3.8) is 0 Å². The molecule has 4 nitrogen and oxygen atoms in total. The molecule has 0 saturated carbocycles. The van der Waals surface area contributed by atoms with Gasteiger partial charge in [-0.2, -0.15) is 17.0 Å². The Morgan fingerprint density at radius 3 is 1.84 bits per heavy atom. The van der Waals surface area contributed by atoms with Crippen LogP contribution in [0.5, 0.6) is 0 Å². The molecule has 0 aromatic rings. The average molecular weight is 309 g/mol. The van der Waals surface area contributed by atoms with E-state index in [1.165, 1.54) is 6.42 Å². The molecular formula is C13H25ClN2O2S. The smallest absolute Gasteiger partial charge is 0.195 e. The molecule has 112 valence electrons. The van der Waals surface area contributed by atoms with Crippen LogP contribution in [0.15, 0.2) is 0 Å². The predicted octanol–water partition coefficient (Wildman–Crippen LogP) is 2.45. The Morgan fingerprint density at radius 2 is 1.32 bits per heavy atom. The summed E-state index contributed by atoms with van der Waals surface area (Å²) < 4.78 is 28.6. The largest absolute Gasteiger partial charge is 0.281 e. The minimum atomic E-state index is -3.23. The van der Waals surface area contributed by atoms with E-state index >= 15 is 0 Å². The molecule has 0 bridgehead atoms. The van der Waals surface area contributed by atoms with Gasteiger partial charge in [0.25, 0.3) is 10.2 Å². The molecule has 0 amide bonds. The van der Waals surface area contributed by atoms with Gasteiger partial charge < -0.3 is 0 Å².